The molecule has 1 aliphatic rings. The molecule has 1 aromatic heterocycles. The summed E-state index contributed by atoms with van der Waals surface area (Å²) >= 11 is 9.27. The molecule has 1 saturated heterocycles. The van der Waals surface area contributed by atoms with Gasteiger partial charge in [-0.3, -0.25) is 14.9 Å². The van der Waals surface area contributed by atoms with E-state index in [1.165, 1.54) is 24.3 Å². The Morgan fingerprint density at radius 3 is 2.58 bits per heavy atom. The summed E-state index contributed by atoms with van der Waals surface area (Å²) in [6.07, 6.45) is 1.22. The van der Waals surface area contributed by atoms with Gasteiger partial charge in [-0.05, 0) is 67.1 Å². The average Bonchev–Trinajstić information content (AvgIpc) is 3.22. The third-order valence-corrected chi connectivity index (χ3v) is 6.12. The number of aryl methyl sites for hydroxylation is 1. The number of benzene rings is 2. The van der Waals surface area contributed by atoms with E-state index in [2.05, 4.69) is 21.2 Å². The number of nitrogens with one attached hydrogen (secondary N) is 1. The molecule has 1 fully saturated rings. The Hall–Kier alpha value is -3.69. The smallest absolute Gasteiger partial charge is 0.337 e. The molecule has 0 atom stereocenters. The first-order valence-electron chi connectivity index (χ1n) is 9.46. The number of barbiturate groups is 1. The minimum atomic E-state index is -1.19. The van der Waals surface area contributed by atoms with E-state index in [0.717, 1.165) is 14.9 Å². The number of carboxylic acid groups (broad SMARTS) is 1. The summed E-state index contributed by atoms with van der Waals surface area (Å²) in [4.78, 5) is 50.0. The van der Waals surface area contributed by atoms with E-state index >= 15 is 0 Å². The van der Waals surface area contributed by atoms with Crippen molar-refractivity contribution in [2.45, 2.75) is 6.92 Å². The van der Waals surface area contributed by atoms with Crippen LogP contribution in [0.15, 0.2) is 63.0 Å². The predicted octanol–water partition coefficient (Wildman–Crippen LogP) is 5.04. The number of hydrogen-bond acceptors (Lipinski definition) is 5. The maximum absolute atomic E-state index is 13.0. The van der Waals surface area contributed by atoms with Crippen LogP contribution >= 0.6 is 27.5 Å². The van der Waals surface area contributed by atoms with E-state index < -0.39 is 23.8 Å². The number of hydrogen-bond donors (Lipinski definition) is 2. The summed E-state index contributed by atoms with van der Waals surface area (Å²) in [5.41, 5.74) is 1.17. The minimum Gasteiger partial charge on any atom is -0.478 e. The molecule has 0 unspecified atom stereocenters. The molecule has 0 bridgehead atoms. The van der Waals surface area contributed by atoms with Gasteiger partial charge < -0.3 is 9.52 Å². The maximum Gasteiger partial charge on any atom is 0.337 e. The highest BCUT2D eigenvalue weighted by Crippen LogP contribution is 2.29. The highest BCUT2D eigenvalue weighted by molar-refractivity contribution is 9.10. The standard InChI is InChI=1S/C23H14BrClN2O6/c1-11-8-13(3-5-17(11)24)27-21(29)16(20(28)26-23(27)32)10-14-4-7-19(33-14)12-2-6-18(25)15(9-12)22(30)31/h2-10H,1H3,(H,30,31)(H,26,28,32)/b16-10-. The van der Waals surface area contributed by atoms with Gasteiger partial charge in [0.05, 0.1) is 16.3 Å². The number of aromatic carboxylic acids is 1. The first-order chi connectivity index (χ1) is 15.7. The van der Waals surface area contributed by atoms with Gasteiger partial charge in [-0.15, -0.1) is 0 Å². The zero-order valence-electron chi connectivity index (χ0n) is 16.9. The van der Waals surface area contributed by atoms with Crippen molar-refractivity contribution in [1.82, 2.24) is 5.32 Å². The Morgan fingerprint density at radius 1 is 1.12 bits per heavy atom. The number of carboxylic acids is 1. The lowest BCUT2D eigenvalue weighted by Gasteiger charge is -2.26. The van der Waals surface area contributed by atoms with Gasteiger partial charge >= 0.3 is 12.0 Å². The SMILES string of the molecule is Cc1cc(N2C(=O)NC(=O)/C(=C/c3ccc(-c4ccc(Cl)c(C(=O)O)c4)o3)C2=O)ccc1Br. The predicted molar refractivity (Wildman–Crippen MR) is 124 cm³/mol. The van der Waals surface area contributed by atoms with E-state index in [-0.39, 0.29) is 21.9 Å². The van der Waals surface area contributed by atoms with Crippen molar-refractivity contribution in [1.29, 1.82) is 0 Å². The summed E-state index contributed by atoms with van der Waals surface area (Å²) < 4.78 is 6.50. The van der Waals surface area contributed by atoms with Gasteiger partial charge in [0, 0.05) is 10.0 Å². The Morgan fingerprint density at radius 2 is 1.88 bits per heavy atom. The molecule has 166 valence electrons. The Labute approximate surface area is 200 Å². The molecule has 1 aliphatic heterocycles. The van der Waals surface area contributed by atoms with Crippen LogP contribution in [0.25, 0.3) is 17.4 Å². The number of carbonyl (C=O) groups is 4. The molecule has 33 heavy (non-hydrogen) atoms. The zero-order valence-corrected chi connectivity index (χ0v) is 19.2. The summed E-state index contributed by atoms with van der Waals surface area (Å²) in [7, 11) is 0. The molecule has 4 amide bonds. The van der Waals surface area contributed by atoms with Crippen LogP contribution in [-0.2, 0) is 9.59 Å². The summed E-state index contributed by atoms with van der Waals surface area (Å²) in [5, 5.41) is 11.5. The lowest BCUT2D eigenvalue weighted by atomic mass is 10.1. The molecule has 4 rings (SSSR count). The molecule has 2 N–H and O–H groups in total. The minimum absolute atomic E-state index is 0.0811. The molecule has 2 aromatic carbocycles. The molecule has 0 saturated carbocycles. The highest BCUT2D eigenvalue weighted by atomic mass is 79.9. The van der Waals surface area contributed by atoms with Crippen molar-refractivity contribution >= 4 is 63.1 Å². The van der Waals surface area contributed by atoms with Gasteiger partial charge in [0.1, 0.15) is 17.1 Å². The number of nitrogens with zero attached hydrogens (tertiary/aromatic N) is 1. The monoisotopic (exact) mass is 528 g/mol. The normalized spacial score (nSPS) is 15.2. The Bertz CT molecular complexity index is 1380. The number of imide groups is 2. The summed E-state index contributed by atoms with van der Waals surface area (Å²) in [6.45, 7) is 1.80. The van der Waals surface area contributed by atoms with Gasteiger partial charge in [-0.25, -0.2) is 14.5 Å². The van der Waals surface area contributed by atoms with E-state index in [1.807, 2.05) is 0 Å². The molecular formula is C23H14BrClN2O6. The van der Waals surface area contributed by atoms with E-state index in [0.29, 0.717) is 17.0 Å². The van der Waals surface area contributed by atoms with Crippen LogP contribution in [0.3, 0.4) is 0 Å². The number of furan rings is 1. The van der Waals surface area contributed by atoms with Gasteiger partial charge in [-0.2, -0.15) is 0 Å². The van der Waals surface area contributed by atoms with Crippen LogP contribution in [0.5, 0.6) is 0 Å². The molecule has 10 heteroatoms. The van der Waals surface area contributed by atoms with Crippen molar-refractivity contribution in [2.75, 3.05) is 4.90 Å². The molecule has 0 spiro atoms. The zero-order chi connectivity index (χ0) is 23.9. The molecule has 8 nitrogen and oxygen atoms in total. The van der Waals surface area contributed by atoms with Crippen LogP contribution in [-0.4, -0.2) is 28.9 Å². The van der Waals surface area contributed by atoms with Crippen LogP contribution in [0, 0.1) is 6.92 Å². The number of carbonyl (C=O) groups excluding carboxylic acids is 3. The van der Waals surface area contributed by atoms with Gasteiger partial charge in [0.25, 0.3) is 11.8 Å². The molecular weight excluding hydrogens is 516 g/mol. The van der Waals surface area contributed by atoms with Gasteiger partial charge in [0.15, 0.2) is 0 Å². The second kappa shape index (κ2) is 8.68. The molecule has 3 aromatic rings. The number of rotatable bonds is 4. The Balaban J connectivity index is 1.68. The first kappa shape index (κ1) is 22.5. The fourth-order valence-corrected chi connectivity index (χ4v) is 3.68. The van der Waals surface area contributed by atoms with E-state index in [9.17, 15) is 24.3 Å². The highest BCUT2D eigenvalue weighted by Gasteiger charge is 2.37. The maximum atomic E-state index is 13.0. The fraction of sp³-hybridized carbons (Fsp3) is 0.0435. The molecule has 0 aliphatic carbocycles. The third kappa shape index (κ3) is 4.33. The number of halogens is 2. The van der Waals surface area contributed by atoms with Gasteiger partial charge in [-0.1, -0.05) is 27.5 Å². The third-order valence-electron chi connectivity index (χ3n) is 4.90. The van der Waals surface area contributed by atoms with E-state index in [4.69, 9.17) is 16.0 Å². The van der Waals surface area contributed by atoms with Crippen molar-refractivity contribution in [2.24, 2.45) is 0 Å². The van der Waals surface area contributed by atoms with E-state index in [1.54, 1.807) is 37.3 Å². The molecule has 2 heterocycles. The van der Waals surface area contributed by atoms with Crippen molar-refractivity contribution in [3.63, 3.8) is 0 Å². The summed E-state index contributed by atoms with van der Waals surface area (Å²) in [5.74, 6) is -2.37. The van der Waals surface area contributed by atoms with Crippen molar-refractivity contribution < 1.29 is 28.7 Å². The van der Waals surface area contributed by atoms with Crippen LogP contribution < -0.4 is 10.2 Å². The lowest BCUT2D eigenvalue weighted by molar-refractivity contribution is -0.122. The van der Waals surface area contributed by atoms with Gasteiger partial charge in [0.2, 0.25) is 0 Å². The number of urea groups is 1. The second-order valence-corrected chi connectivity index (χ2v) is 8.35. The first-order valence-corrected chi connectivity index (χ1v) is 10.6. The fourth-order valence-electron chi connectivity index (χ4n) is 3.23. The number of anilines is 1. The van der Waals surface area contributed by atoms with Crippen LogP contribution in [0.2, 0.25) is 5.02 Å². The average molecular weight is 530 g/mol. The van der Waals surface area contributed by atoms with Crippen molar-refractivity contribution in [3.8, 4) is 11.3 Å². The summed E-state index contributed by atoms with van der Waals surface area (Å²) in [6, 6.07) is 11.5. The van der Waals surface area contributed by atoms with Crippen LogP contribution in [0.4, 0.5) is 10.5 Å². The van der Waals surface area contributed by atoms with Crippen LogP contribution in [0.1, 0.15) is 21.7 Å². The second-order valence-electron chi connectivity index (χ2n) is 7.09. The lowest BCUT2D eigenvalue weighted by Crippen LogP contribution is -2.54. The number of amides is 4. The Kier molecular flexibility index (Phi) is 5.92. The quantitative estimate of drug-likeness (QED) is 0.361. The largest absolute Gasteiger partial charge is 0.478 e. The molecule has 0 radical (unpaired) electrons. The van der Waals surface area contributed by atoms with Crippen molar-refractivity contribution in [3.05, 3.63) is 80.5 Å². The topological polar surface area (TPSA) is 117 Å².